The summed E-state index contributed by atoms with van der Waals surface area (Å²) in [6.07, 6.45) is 2.32. The van der Waals surface area contributed by atoms with E-state index in [1.165, 1.54) is 5.56 Å². The standard InChI is InChI=1S/C15H22N2O2/c1-2-19-15(18)17-9-8-13(16)11-14(17)10-12-6-4-3-5-7-12/h3-7,13-14H,2,8-11,16H2,1H3. The van der Waals surface area contributed by atoms with Gasteiger partial charge in [0.05, 0.1) is 6.61 Å². The lowest BCUT2D eigenvalue weighted by Gasteiger charge is -2.37. The number of benzene rings is 1. The van der Waals surface area contributed by atoms with Gasteiger partial charge in [0.2, 0.25) is 0 Å². The summed E-state index contributed by atoms with van der Waals surface area (Å²) in [5, 5.41) is 0. The summed E-state index contributed by atoms with van der Waals surface area (Å²) in [7, 11) is 0. The van der Waals surface area contributed by atoms with Gasteiger partial charge in [0.25, 0.3) is 0 Å². The molecule has 0 bridgehead atoms. The molecule has 2 N–H and O–H groups in total. The van der Waals surface area contributed by atoms with E-state index >= 15 is 0 Å². The molecule has 1 aromatic rings. The SMILES string of the molecule is CCOC(=O)N1CCC(N)CC1Cc1ccccc1. The van der Waals surface area contributed by atoms with Crippen LogP contribution < -0.4 is 5.73 Å². The Balaban J connectivity index is 2.06. The van der Waals surface area contributed by atoms with Crippen LogP contribution in [0.15, 0.2) is 30.3 Å². The topological polar surface area (TPSA) is 55.6 Å². The second-order valence-corrected chi connectivity index (χ2v) is 5.02. The van der Waals surface area contributed by atoms with Crippen molar-refractivity contribution in [3.63, 3.8) is 0 Å². The molecule has 104 valence electrons. The number of nitrogens with zero attached hydrogens (tertiary/aromatic N) is 1. The van der Waals surface area contributed by atoms with E-state index in [1.54, 1.807) is 0 Å². The quantitative estimate of drug-likeness (QED) is 0.908. The molecule has 1 amide bonds. The molecule has 1 aliphatic rings. The van der Waals surface area contributed by atoms with Gasteiger partial charge in [-0.25, -0.2) is 4.79 Å². The molecule has 2 unspecified atom stereocenters. The Morgan fingerprint density at radius 3 is 2.84 bits per heavy atom. The number of nitrogens with two attached hydrogens (primary N) is 1. The fraction of sp³-hybridized carbons (Fsp3) is 0.533. The van der Waals surface area contributed by atoms with Crippen LogP contribution in [0.5, 0.6) is 0 Å². The highest BCUT2D eigenvalue weighted by molar-refractivity contribution is 5.68. The number of hydrogen-bond donors (Lipinski definition) is 1. The van der Waals surface area contributed by atoms with Gasteiger partial charge in [-0.05, 0) is 31.7 Å². The number of amides is 1. The molecule has 1 heterocycles. The summed E-state index contributed by atoms with van der Waals surface area (Å²) in [5.41, 5.74) is 7.27. The van der Waals surface area contributed by atoms with Crippen molar-refractivity contribution >= 4 is 6.09 Å². The van der Waals surface area contributed by atoms with Gasteiger partial charge in [-0.3, -0.25) is 0 Å². The van der Waals surface area contributed by atoms with Gasteiger partial charge < -0.3 is 15.4 Å². The van der Waals surface area contributed by atoms with Gasteiger partial charge in [-0.2, -0.15) is 0 Å². The highest BCUT2D eigenvalue weighted by Crippen LogP contribution is 2.21. The molecule has 1 aromatic carbocycles. The number of ether oxygens (including phenoxy) is 1. The molecule has 4 heteroatoms. The molecular weight excluding hydrogens is 240 g/mol. The molecule has 0 saturated carbocycles. The summed E-state index contributed by atoms with van der Waals surface area (Å²) in [4.78, 5) is 13.8. The maximum atomic E-state index is 12.0. The number of hydrogen-bond acceptors (Lipinski definition) is 3. The van der Waals surface area contributed by atoms with Crippen LogP contribution in [0.3, 0.4) is 0 Å². The minimum absolute atomic E-state index is 0.144. The van der Waals surface area contributed by atoms with Crippen LogP contribution in [0.2, 0.25) is 0 Å². The van der Waals surface area contributed by atoms with Crippen molar-refractivity contribution in [1.29, 1.82) is 0 Å². The van der Waals surface area contributed by atoms with Gasteiger partial charge >= 0.3 is 6.09 Å². The van der Waals surface area contributed by atoms with E-state index in [9.17, 15) is 4.79 Å². The number of rotatable bonds is 3. The van der Waals surface area contributed by atoms with Gasteiger partial charge in [0.15, 0.2) is 0 Å². The van der Waals surface area contributed by atoms with E-state index in [4.69, 9.17) is 10.5 Å². The Morgan fingerprint density at radius 2 is 2.16 bits per heavy atom. The van der Waals surface area contributed by atoms with E-state index in [-0.39, 0.29) is 18.2 Å². The van der Waals surface area contributed by atoms with Gasteiger partial charge in [0.1, 0.15) is 0 Å². The molecule has 4 nitrogen and oxygen atoms in total. The summed E-state index contributed by atoms with van der Waals surface area (Å²) in [6.45, 7) is 2.94. The Kier molecular flexibility index (Phi) is 4.80. The highest BCUT2D eigenvalue weighted by atomic mass is 16.6. The highest BCUT2D eigenvalue weighted by Gasteiger charge is 2.30. The van der Waals surface area contributed by atoms with Crippen molar-refractivity contribution in [2.24, 2.45) is 5.73 Å². The Labute approximate surface area is 114 Å². The minimum Gasteiger partial charge on any atom is -0.450 e. The van der Waals surface area contributed by atoms with Crippen LogP contribution in [0.25, 0.3) is 0 Å². The molecular formula is C15H22N2O2. The summed E-state index contributed by atoms with van der Waals surface area (Å²) >= 11 is 0. The zero-order chi connectivity index (χ0) is 13.7. The third-order valence-corrected chi connectivity index (χ3v) is 3.57. The summed E-state index contributed by atoms with van der Waals surface area (Å²) in [6, 6.07) is 10.5. The molecule has 2 rings (SSSR count). The van der Waals surface area contributed by atoms with Gasteiger partial charge in [-0.1, -0.05) is 30.3 Å². The average Bonchev–Trinajstić information content (AvgIpc) is 2.40. The Hall–Kier alpha value is -1.55. The zero-order valence-electron chi connectivity index (χ0n) is 11.4. The maximum absolute atomic E-state index is 12.0. The molecule has 19 heavy (non-hydrogen) atoms. The molecule has 0 aliphatic carbocycles. The van der Waals surface area contributed by atoms with Crippen molar-refractivity contribution in [3.8, 4) is 0 Å². The summed E-state index contributed by atoms with van der Waals surface area (Å²) in [5.74, 6) is 0. The second-order valence-electron chi connectivity index (χ2n) is 5.02. The lowest BCUT2D eigenvalue weighted by atomic mass is 9.93. The maximum Gasteiger partial charge on any atom is 0.410 e. The first-order valence-corrected chi connectivity index (χ1v) is 6.93. The van der Waals surface area contributed by atoms with E-state index < -0.39 is 0 Å². The van der Waals surface area contributed by atoms with Crippen LogP contribution in [-0.2, 0) is 11.2 Å². The first kappa shape index (κ1) is 13.9. The molecule has 0 radical (unpaired) electrons. The number of piperidine rings is 1. The molecule has 1 fully saturated rings. The molecule has 0 aromatic heterocycles. The van der Waals surface area contributed by atoms with E-state index in [0.29, 0.717) is 13.2 Å². The molecule has 2 atom stereocenters. The number of carbonyl (C=O) groups excluding carboxylic acids is 1. The lowest BCUT2D eigenvalue weighted by molar-refractivity contribution is 0.0732. The molecule has 1 saturated heterocycles. The van der Waals surface area contributed by atoms with E-state index in [0.717, 1.165) is 19.3 Å². The first-order chi connectivity index (χ1) is 9.20. The van der Waals surface area contributed by atoms with Crippen molar-refractivity contribution in [3.05, 3.63) is 35.9 Å². The van der Waals surface area contributed by atoms with Crippen LogP contribution in [-0.4, -0.2) is 36.2 Å². The second kappa shape index (κ2) is 6.57. The monoisotopic (exact) mass is 262 g/mol. The Bertz CT molecular complexity index is 408. The predicted octanol–water partition coefficient (Wildman–Crippen LogP) is 2.18. The van der Waals surface area contributed by atoms with Crippen molar-refractivity contribution in [1.82, 2.24) is 4.90 Å². The third kappa shape index (κ3) is 3.70. The van der Waals surface area contributed by atoms with Crippen molar-refractivity contribution in [2.45, 2.75) is 38.3 Å². The van der Waals surface area contributed by atoms with E-state index in [2.05, 4.69) is 12.1 Å². The Morgan fingerprint density at radius 1 is 1.42 bits per heavy atom. The first-order valence-electron chi connectivity index (χ1n) is 6.93. The van der Waals surface area contributed by atoms with Gasteiger partial charge in [-0.15, -0.1) is 0 Å². The van der Waals surface area contributed by atoms with E-state index in [1.807, 2.05) is 30.0 Å². The third-order valence-electron chi connectivity index (χ3n) is 3.57. The van der Waals surface area contributed by atoms with Crippen LogP contribution in [0.1, 0.15) is 25.3 Å². The lowest BCUT2D eigenvalue weighted by Crippen LogP contribution is -2.50. The fourth-order valence-corrected chi connectivity index (χ4v) is 2.61. The smallest absolute Gasteiger partial charge is 0.410 e. The largest absolute Gasteiger partial charge is 0.450 e. The number of likely N-dealkylation sites (tertiary alicyclic amines) is 1. The fourth-order valence-electron chi connectivity index (χ4n) is 2.61. The molecule has 1 aliphatic heterocycles. The molecule has 0 spiro atoms. The normalized spacial score (nSPS) is 23.2. The van der Waals surface area contributed by atoms with Crippen LogP contribution in [0.4, 0.5) is 4.79 Å². The predicted molar refractivity (Wildman–Crippen MR) is 74.9 cm³/mol. The van der Waals surface area contributed by atoms with Crippen molar-refractivity contribution in [2.75, 3.05) is 13.2 Å². The van der Waals surface area contributed by atoms with Gasteiger partial charge in [0, 0.05) is 18.6 Å². The minimum atomic E-state index is -0.213. The van der Waals surface area contributed by atoms with Crippen molar-refractivity contribution < 1.29 is 9.53 Å². The summed E-state index contributed by atoms with van der Waals surface area (Å²) < 4.78 is 5.13. The zero-order valence-corrected chi connectivity index (χ0v) is 11.4. The van der Waals surface area contributed by atoms with Crippen LogP contribution >= 0.6 is 0 Å². The van der Waals surface area contributed by atoms with Crippen LogP contribution in [0, 0.1) is 0 Å². The number of carbonyl (C=O) groups is 1. The average molecular weight is 262 g/mol.